The second-order valence-corrected chi connectivity index (χ2v) is 5.65. The Morgan fingerprint density at radius 1 is 1.13 bits per heavy atom. The molecule has 0 aromatic heterocycles. The Hall–Kier alpha value is -1.86. The van der Waals surface area contributed by atoms with E-state index in [-0.39, 0.29) is 24.6 Å². The van der Waals surface area contributed by atoms with Gasteiger partial charge < -0.3 is 10.1 Å². The summed E-state index contributed by atoms with van der Waals surface area (Å²) >= 11 is 0. The number of benzene rings is 2. The van der Waals surface area contributed by atoms with Crippen LogP contribution in [0.1, 0.15) is 35.6 Å². The van der Waals surface area contributed by atoms with E-state index < -0.39 is 0 Å². The average molecular weight is 329 g/mol. The van der Waals surface area contributed by atoms with Gasteiger partial charge in [-0.05, 0) is 42.6 Å². The summed E-state index contributed by atoms with van der Waals surface area (Å²) in [5, 5.41) is 12.5. The lowest BCUT2D eigenvalue weighted by molar-refractivity contribution is -0.00357. The van der Waals surface area contributed by atoms with Gasteiger partial charge in [-0.15, -0.1) is 12.4 Å². The van der Waals surface area contributed by atoms with Crippen LogP contribution in [0, 0.1) is 11.3 Å². The van der Waals surface area contributed by atoms with Crippen LogP contribution >= 0.6 is 12.4 Å². The fourth-order valence-corrected chi connectivity index (χ4v) is 2.97. The van der Waals surface area contributed by atoms with Crippen molar-refractivity contribution in [3.8, 4) is 6.07 Å². The van der Waals surface area contributed by atoms with Crippen LogP contribution in [0.15, 0.2) is 54.6 Å². The zero-order valence-electron chi connectivity index (χ0n) is 12.9. The summed E-state index contributed by atoms with van der Waals surface area (Å²) in [5.74, 6) is 0. The van der Waals surface area contributed by atoms with E-state index in [0.717, 1.165) is 24.9 Å². The molecule has 0 saturated carbocycles. The Bertz CT molecular complexity index is 654. The first-order valence-corrected chi connectivity index (χ1v) is 7.76. The molecule has 3 rings (SSSR count). The minimum atomic E-state index is 0. The number of hydrogen-bond acceptors (Lipinski definition) is 3. The molecule has 0 bridgehead atoms. The zero-order chi connectivity index (χ0) is 15.2. The first-order valence-electron chi connectivity index (χ1n) is 7.76. The number of nitriles is 1. The summed E-state index contributed by atoms with van der Waals surface area (Å²) in [5.41, 5.74) is 3.01. The highest BCUT2D eigenvalue weighted by atomic mass is 35.5. The van der Waals surface area contributed by atoms with E-state index in [1.165, 1.54) is 5.56 Å². The van der Waals surface area contributed by atoms with Gasteiger partial charge in [0, 0.05) is 0 Å². The minimum Gasteiger partial charge on any atom is -0.372 e. The Balaban J connectivity index is 0.00000192. The van der Waals surface area contributed by atoms with Crippen LogP contribution in [0.25, 0.3) is 0 Å². The van der Waals surface area contributed by atoms with Crippen LogP contribution < -0.4 is 5.32 Å². The Morgan fingerprint density at radius 2 is 1.96 bits per heavy atom. The van der Waals surface area contributed by atoms with Crippen molar-refractivity contribution in [3.05, 3.63) is 71.3 Å². The van der Waals surface area contributed by atoms with Gasteiger partial charge in [-0.2, -0.15) is 5.26 Å². The second-order valence-electron chi connectivity index (χ2n) is 5.65. The van der Waals surface area contributed by atoms with E-state index in [1.807, 2.05) is 30.3 Å². The maximum Gasteiger partial charge on any atom is 0.0991 e. The molecular weight excluding hydrogens is 308 g/mol. The Kier molecular flexibility index (Phi) is 6.61. The van der Waals surface area contributed by atoms with Crippen molar-refractivity contribution in [1.82, 2.24) is 5.32 Å². The van der Waals surface area contributed by atoms with Crippen LogP contribution in [0.3, 0.4) is 0 Å². The minimum absolute atomic E-state index is 0. The van der Waals surface area contributed by atoms with Gasteiger partial charge in [0.2, 0.25) is 0 Å². The van der Waals surface area contributed by atoms with Gasteiger partial charge >= 0.3 is 0 Å². The van der Waals surface area contributed by atoms with Crippen LogP contribution in [0.4, 0.5) is 0 Å². The van der Waals surface area contributed by atoms with Crippen LogP contribution in [-0.4, -0.2) is 12.6 Å². The van der Waals surface area contributed by atoms with E-state index in [2.05, 4.69) is 35.7 Å². The number of ether oxygens (including phenoxy) is 1. The SMILES string of the molecule is Cl.N#Cc1cccc(CO[C@@H]2CCCN[C@@H]2c2ccccc2)c1. The van der Waals surface area contributed by atoms with Crippen molar-refractivity contribution in [2.75, 3.05) is 6.54 Å². The molecule has 120 valence electrons. The van der Waals surface area contributed by atoms with E-state index in [0.29, 0.717) is 12.2 Å². The van der Waals surface area contributed by atoms with Gasteiger partial charge in [0.15, 0.2) is 0 Å². The summed E-state index contributed by atoms with van der Waals surface area (Å²) < 4.78 is 6.16. The molecule has 1 heterocycles. The molecular formula is C19H21ClN2O. The van der Waals surface area contributed by atoms with Gasteiger partial charge in [0.05, 0.1) is 30.4 Å². The lowest BCUT2D eigenvalue weighted by Gasteiger charge is -2.33. The Labute approximate surface area is 143 Å². The number of hydrogen-bond donors (Lipinski definition) is 1. The molecule has 2 aromatic rings. The molecule has 1 aliphatic heterocycles. The number of halogens is 1. The average Bonchev–Trinajstić information content (AvgIpc) is 2.61. The van der Waals surface area contributed by atoms with Crippen LogP contribution in [0.2, 0.25) is 0 Å². The molecule has 1 fully saturated rings. The predicted octanol–water partition coefficient (Wildman–Crippen LogP) is 3.99. The normalized spacial score (nSPS) is 20.3. The molecule has 1 N–H and O–H groups in total. The molecule has 0 amide bonds. The fourth-order valence-electron chi connectivity index (χ4n) is 2.97. The first kappa shape index (κ1) is 17.5. The van der Waals surface area contributed by atoms with Gasteiger partial charge in [0.1, 0.15) is 0 Å². The highest BCUT2D eigenvalue weighted by Crippen LogP contribution is 2.26. The third-order valence-corrected chi connectivity index (χ3v) is 4.08. The molecule has 3 nitrogen and oxygen atoms in total. The van der Waals surface area contributed by atoms with Crippen molar-refractivity contribution in [3.63, 3.8) is 0 Å². The monoisotopic (exact) mass is 328 g/mol. The van der Waals surface area contributed by atoms with Crippen molar-refractivity contribution in [1.29, 1.82) is 5.26 Å². The molecule has 23 heavy (non-hydrogen) atoms. The first-order chi connectivity index (χ1) is 10.9. The number of nitrogens with one attached hydrogen (secondary N) is 1. The summed E-state index contributed by atoms with van der Waals surface area (Å²) in [6, 6.07) is 20.5. The quantitative estimate of drug-likeness (QED) is 0.923. The van der Waals surface area contributed by atoms with Crippen LogP contribution in [0.5, 0.6) is 0 Å². The van der Waals surface area contributed by atoms with E-state index in [1.54, 1.807) is 0 Å². The van der Waals surface area contributed by atoms with E-state index in [4.69, 9.17) is 10.00 Å². The van der Waals surface area contributed by atoms with E-state index >= 15 is 0 Å². The lowest BCUT2D eigenvalue weighted by atomic mass is 9.94. The number of nitrogens with zero attached hydrogens (tertiary/aromatic N) is 1. The molecule has 0 unspecified atom stereocenters. The largest absolute Gasteiger partial charge is 0.372 e. The number of rotatable bonds is 4. The summed E-state index contributed by atoms with van der Waals surface area (Å²) in [6.07, 6.45) is 2.36. The van der Waals surface area contributed by atoms with Crippen molar-refractivity contribution < 1.29 is 4.74 Å². The molecule has 0 aliphatic carbocycles. The lowest BCUT2D eigenvalue weighted by Crippen LogP contribution is -2.39. The molecule has 1 saturated heterocycles. The predicted molar refractivity (Wildman–Crippen MR) is 93.4 cm³/mol. The van der Waals surface area contributed by atoms with Gasteiger partial charge in [0.25, 0.3) is 0 Å². The third-order valence-electron chi connectivity index (χ3n) is 4.08. The molecule has 4 heteroatoms. The number of piperidine rings is 1. The molecule has 0 spiro atoms. The maximum atomic E-state index is 8.97. The van der Waals surface area contributed by atoms with Gasteiger partial charge in [-0.25, -0.2) is 0 Å². The zero-order valence-corrected chi connectivity index (χ0v) is 13.8. The van der Waals surface area contributed by atoms with Crippen molar-refractivity contribution in [2.24, 2.45) is 0 Å². The van der Waals surface area contributed by atoms with Crippen molar-refractivity contribution in [2.45, 2.75) is 31.6 Å². The molecule has 2 aromatic carbocycles. The maximum absolute atomic E-state index is 8.97. The topological polar surface area (TPSA) is 45.0 Å². The molecule has 0 radical (unpaired) electrons. The highest BCUT2D eigenvalue weighted by Gasteiger charge is 2.26. The third kappa shape index (κ3) is 4.56. The van der Waals surface area contributed by atoms with Crippen LogP contribution in [-0.2, 0) is 11.3 Å². The second kappa shape index (κ2) is 8.69. The molecule has 2 atom stereocenters. The van der Waals surface area contributed by atoms with Crippen molar-refractivity contribution >= 4 is 12.4 Å². The summed E-state index contributed by atoms with van der Waals surface area (Å²) in [7, 11) is 0. The van der Waals surface area contributed by atoms with E-state index in [9.17, 15) is 0 Å². The molecule has 1 aliphatic rings. The standard InChI is InChI=1S/C19H20N2O.ClH/c20-13-15-6-4-7-16(12-15)14-22-18-10-5-11-21-19(18)17-8-2-1-3-9-17;/h1-4,6-9,12,18-19,21H,5,10-11,14H2;1H/t18-,19-;/m1./s1. The summed E-state index contributed by atoms with van der Waals surface area (Å²) in [6.45, 7) is 1.58. The Morgan fingerprint density at radius 3 is 2.74 bits per heavy atom. The van der Waals surface area contributed by atoms with Gasteiger partial charge in [-0.3, -0.25) is 0 Å². The fraction of sp³-hybridized carbons (Fsp3) is 0.316. The van der Waals surface area contributed by atoms with Gasteiger partial charge in [-0.1, -0.05) is 42.5 Å². The summed E-state index contributed by atoms with van der Waals surface area (Å²) in [4.78, 5) is 0. The smallest absolute Gasteiger partial charge is 0.0991 e. The highest BCUT2D eigenvalue weighted by molar-refractivity contribution is 5.85.